The van der Waals surface area contributed by atoms with E-state index in [0.717, 1.165) is 41.4 Å². The molecule has 2 aromatic carbocycles. The van der Waals surface area contributed by atoms with Crippen molar-refractivity contribution in [2.45, 2.75) is 45.3 Å². The maximum absolute atomic E-state index is 12.7. The van der Waals surface area contributed by atoms with Crippen molar-refractivity contribution in [3.63, 3.8) is 0 Å². The van der Waals surface area contributed by atoms with Crippen LogP contribution in [0.25, 0.3) is 22.2 Å². The highest BCUT2D eigenvalue weighted by molar-refractivity contribution is 7.92. The minimum Gasteiger partial charge on any atom is -0.435 e. The lowest BCUT2D eigenvalue weighted by atomic mass is 9.92. The number of aromatic nitrogens is 1. The highest BCUT2D eigenvalue weighted by atomic mass is 32.2. The molecule has 3 aromatic rings. The van der Waals surface area contributed by atoms with E-state index in [1.54, 1.807) is 24.3 Å². The molecular formula is C22H25F2N3O3S. The maximum atomic E-state index is 12.7. The van der Waals surface area contributed by atoms with Crippen LogP contribution in [0.5, 0.6) is 5.75 Å². The molecule has 0 radical (unpaired) electrons. The van der Waals surface area contributed by atoms with E-state index in [9.17, 15) is 17.2 Å². The number of benzene rings is 2. The smallest absolute Gasteiger partial charge is 0.387 e. The van der Waals surface area contributed by atoms with E-state index in [4.69, 9.17) is 5.73 Å². The number of rotatable bonds is 8. The molecule has 166 valence electrons. The highest BCUT2D eigenvalue weighted by Crippen LogP contribution is 2.45. The predicted octanol–water partition coefficient (Wildman–Crippen LogP) is 5.37. The summed E-state index contributed by atoms with van der Waals surface area (Å²) in [7, 11) is -3.38. The van der Waals surface area contributed by atoms with Crippen molar-refractivity contribution in [1.82, 2.24) is 4.57 Å². The van der Waals surface area contributed by atoms with Crippen LogP contribution in [-0.2, 0) is 10.0 Å². The molecule has 0 spiro atoms. The Morgan fingerprint density at radius 1 is 1.19 bits per heavy atom. The molecule has 6 nitrogen and oxygen atoms in total. The van der Waals surface area contributed by atoms with Gasteiger partial charge in [0.15, 0.2) is 0 Å². The van der Waals surface area contributed by atoms with Crippen molar-refractivity contribution in [3.8, 4) is 17.0 Å². The number of anilines is 2. The fourth-order valence-corrected chi connectivity index (χ4v) is 5.14. The second-order valence-electron chi connectivity index (χ2n) is 7.77. The standard InChI is InChI=1S/C22H25F2N3O3S/c1-2-12-31(28,29)26-15-8-6-14(7-9-15)21-20(25)18-11-10-17(30-22(23)24)13-19(18)27(21)16-4-3-5-16/h6-11,13,16,22,26H,2-5,12,25H2,1H3. The summed E-state index contributed by atoms with van der Waals surface area (Å²) in [5, 5.41) is 0.774. The van der Waals surface area contributed by atoms with Crippen LogP contribution in [0.2, 0.25) is 0 Å². The van der Waals surface area contributed by atoms with Gasteiger partial charge in [-0.25, -0.2) is 8.42 Å². The molecule has 4 rings (SSSR count). The molecular weight excluding hydrogens is 424 g/mol. The molecule has 31 heavy (non-hydrogen) atoms. The van der Waals surface area contributed by atoms with Gasteiger partial charge in [-0.1, -0.05) is 19.1 Å². The van der Waals surface area contributed by atoms with Crippen molar-refractivity contribution in [2.75, 3.05) is 16.2 Å². The first kappa shape index (κ1) is 21.4. The third-order valence-electron chi connectivity index (χ3n) is 5.58. The largest absolute Gasteiger partial charge is 0.435 e. The van der Waals surface area contributed by atoms with Gasteiger partial charge in [-0.15, -0.1) is 0 Å². The first-order valence-corrected chi connectivity index (χ1v) is 11.9. The van der Waals surface area contributed by atoms with Gasteiger partial charge < -0.3 is 15.0 Å². The number of ether oxygens (including phenoxy) is 1. The molecule has 0 atom stereocenters. The SMILES string of the molecule is CCCS(=O)(=O)Nc1ccc(-c2c(N)c3ccc(OC(F)F)cc3n2C2CCC2)cc1. The van der Waals surface area contributed by atoms with Gasteiger partial charge in [0.25, 0.3) is 0 Å². The topological polar surface area (TPSA) is 86.3 Å². The number of nitrogens with zero attached hydrogens (tertiary/aromatic N) is 1. The van der Waals surface area contributed by atoms with Gasteiger partial charge in [0.1, 0.15) is 5.75 Å². The van der Waals surface area contributed by atoms with Crippen molar-refractivity contribution >= 4 is 32.3 Å². The Balaban J connectivity index is 1.77. The maximum Gasteiger partial charge on any atom is 0.387 e. The van der Waals surface area contributed by atoms with Crippen LogP contribution in [0.3, 0.4) is 0 Å². The molecule has 1 aromatic heterocycles. The second-order valence-corrected chi connectivity index (χ2v) is 9.61. The minimum absolute atomic E-state index is 0.0562. The molecule has 9 heteroatoms. The Labute approximate surface area is 180 Å². The molecule has 0 bridgehead atoms. The number of halogens is 2. The Kier molecular flexibility index (Phi) is 5.79. The minimum atomic E-state index is -3.38. The zero-order chi connectivity index (χ0) is 22.2. The van der Waals surface area contributed by atoms with Gasteiger partial charge >= 0.3 is 6.61 Å². The van der Waals surface area contributed by atoms with E-state index in [0.29, 0.717) is 17.8 Å². The highest BCUT2D eigenvalue weighted by Gasteiger charge is 2.27. The zero-order valence-corrected chi connectivity index (χ0v) is 18.0. The van der Waals surface area contributed by atoms with E-state index in [1.165, 1.54) is 6.07 Å². The van der Waals surface area contributed by atoms with Gasteiger partial charge in [0.05, 0.1) is 22.7 Å². The van der Waals surface area contributed by atoms with E-state index in [2.05, 4.69) is 14.0 Å². The van der Waals surface area contributed by atoms with E-state index < -0.39 is 16.6 Å². The van der Waals surface area contributed by atoms with Crippen molar-refractivity contribution in [2.24, 2.45) is 0 Å². The number of hydrogen-bond acceptors (Lipinski definition) is 4. The van der Waals surface area contributed by atoms with Crippen molar-refractivity contribution in [3.05, 3.63) is 42.5 Å². The lowest BCUT2D eigenvalue weighted by molar-refractivity contribution is -0.0497. The Morgan fingerprint density at radius 3 is 2.48 bits per heavy atom. The average Bonchev–Trinajstić information content (AvgIpc) is 2.92. The number of sulfonamides is 1. The fraction of sp³-hybridized carbons (Fsp3) is 0.364. The number of alkyl halides is 2. The third kappa shape index (κ3) is 4.32. The van der Waals surface area contributed by atoms with Gasteiger partial charge in [-0.05, 0) is 49.9 Å². The molecule has 0 aliphatic heterocycles. The number of hydrogen-bond donors (Lipinski definition) is 2. The molecule has 0 unspecified atom stereocenters. The van der Waals surface area contributed by atoms with Crippen LogP contribution in [0, 0.1) is 0 Å². The summed E-state index contributed by atoms with van der Waals surface area (Å²) in [6, 6.07) is 12.1. The van der Waals surface area contributed by atoms with Gasteiger partial charge in [0.2, 0.25) is 10.0 Å². The molecule has 1 saturated carbocycles. The van der Waals surface area contributed by atoms with Crippen LogP contribution in [-0.4, -0.2) is 25.3 Å². The number of nitrogens with two attached hydrogens (primary N) is 1. The summed E-state index contributed by atoms with van der Waals surface area (Å²) < 4.78 is 58.7. The summed E-state index contributed by atoms with van der Waals surface area (Å²) in [6.07, 6.45) is 3.58. The normalized spacial score (nSPS) is 14.7. The molecule has 1 aliphatic rings. The predicted molar refractivity (Wildman–Crippen MR) is 119 cm³/mol. The zero-order valence-electron chi connectivity index (χ0n) is 17.1. The first-order chi connectivity index (χ1) is 14.8. The quantitative estimate of drug-likeness (QED) is 0.484. The second kappa shape index (κ2) is 8.37. The number of fused-ring (bicyclic) bond motifs is 1. The Bertz CT molecular complexity index is 1190. The summed E-state index contributed by atoms with van der Waals surface area (Å²) in [5.41, 5.74) is 9.92. The van der Waals surface area contributed by atoms with Crippen LogP contribution in [0.4, 0.5) is 20.2 Å². The third-order valence-corrected chi connectivity index (χ3v) is 7.08. The number of nitrogens with one attached hydrogen (secondary N) is 1. The Morgan fingerprint density at radius 2 is 1.90 bits per heavy atom. The molecule has 1 heterocycles. The molecule has 0 saturated heterocycles. The van der Waals surface area contributed by atoms with Crippen LogP contribution in [0.1, 0.15) is 38.6 Å². The molecule has 1 aliphatic carbocycles. The lowest BCUT2D eigenvalue weighted by Gasteiger charge is -2.30. The molecule has 0 amide bonds. The average molecular weight is 450 g/mol. The van der Waals surface area contributed by atoms with E-state index >= 15 is 0 Å². The molecule has 3 N–H and O–H groups in total. The Hall–Kier alpha value is -2.81. The summed E-state index contributed by atoms with van der Waals surface area (Å²) in [4.78, 5) is 0. The van der Waals surface area contributed by atoms with Crippen LogP contribution < -0.4 is 15.2 Å². The monoisotopic (exact) mass is 449 g/mol. The fourth-order valence-electron chi connectivity index (χ4n) is 4.01. The van der Waals surface area contributed by atoms with Gasteiger partial charge in [0, 0.05) is 28.7 Å². The van der Waals surface area contributed by atoms with Crippen LogP contribution >= 0.6 is 0 Å². The lowest BCUT2D eigenvalue weighted by Crippen LogP contribution is -2.18. The van der Waals surface area contributed by atoms with Gasteiger partial charge in [-0.3, -0.25) is 4.72 Å². The molecule has 1 fully saturated rings. The van der Waals surface area contributed by atoms with Crippen molar-refractivity contribution < 1.29 is 21.9 Å². The van der Waals surface area contributed by atoms with Crippen LogP contribution in [0.15, 0.2) is 42.5 Å². The summed E-state index contributed by atoms with van der Waals surface area (Å²) in [5.74, 6) is 0.147. The summed E-state index contributed by atoms with van der Waals surface area (Å²) >= 11 is 0. The van der Waals surface area contributed by atoms with Crippen molar-refractivity contribution in [1.29, 1.82) is 0 Å². The van der Waals surface area contributed by atoms with E-state index in [1.807, 2.05) is 19.1 Å². The number of nitrogen functional groups attached to an aromatic ring is 1. The van der Waals surface area contributed by atoms with Gasteiger partial charge in [-0.2, -0.15) is 8.78 Å². The summed E-state index contributed by atoms with van der Waals surface area (Å²) in [6.45, 7) is -1.09. The van der Waals surface area contributed by atoms with E-state index in [-0.39, 0.29) is 17.5 Å². The first-order valence-electron chi connectivity index (χ1n) is 10.3.